The number of hydrogen-bond acceptors (Lipinski definition) is 4. The molecule has 0 aliphatic rings. The van der Waals surface area contributed by atoms with E-state index in [4.69, 9.17) is 10.2 Å². The van der Waals surface area contributed by atoms with Crippen LogP contribution in [0, 0.1) is 0 Å². The molecular weight excluding hydrogens is 184 g/mol. The van der Waals surface area contributed by atoms with Gasteiger partial charge < -0.3 is 20.4 Å². The molecule has 80 valence electrons. The second-order valence-electron chi connectivity index (χ2n) is 2.59. The number of aliphatic hydroxyl groups is 4. The van der Waals surface area contributed by atoms with Crippen LogP contribution in [0.1, 0.15) is 0 Å². The Balaban J connectivity index is 3.93. The summed E-state index contributed by atoms with van der Waals surface area (Å²) in [7, 11) is 0. The van der Waals surface area contributed by atoms with Crippen LogP contribution < -0.4 is 0 Å². The molecule has 2 atom stereocenters. The van der Waals surface area contributed by atoms with Crippen LogP contribution in [0.15, 0.2) is 36.5 Å². The molecule has 0 spiro atoms. The summed E-state index contributed by atoms with van der Waals surface area (Å²) in [6, 6.07) is 0. The molecule has 0 saturated heterocycles. The molecule has 14 heavy (non-hydrogen) atoms. The van der Waals surface area contributed by atoms with E-state index in [1.165, 1.54) is 30.4 Å². The van der Waals surface area contributed by atoms with Crippen LogP contribution in [0.25, 0.3) is 0 Å². The van der Waals surface area contributed by atoms with Gasteiger partial charge in [-0.2, -0.15) is 0 Å². The minimum absolute atomic E-state index is 0.0621. The topological polar surface area (TPSA) is 80.9 Å². The molecule has 0 radical (unpaired) electrons. The second kappa shape index (κ2) is 8.65. The highest BCUT2D eigenvalue weighted by molar-refractivity contribution is 5.08. The average molecular weight is 200 g/mol. The van der Waals surface area contributed by atoms with Gasteiger partial charge in [-0.05, 0) is 0 Å². The predicted molar refractivity (Wildman–Crippen MR) is 53.6 cm³/mol. The van der Waals surface area contributed by atoms with Gasteiger partial charge in [0.05, 0.1) is 13.2 Å². The highest BCUT2D eigenvalue weighted by Crippen LogP contribution is 1.97. The van der Waals surface area contributed by atoms with E-state index < -0.39 is 12.2 Å². The molecule has 4 heteroatoms. The Labute approximate surface area is 83.1 Å². The van der Waals surface area contributed by atoms with E-state index in [0.717, 1.165) is 0 Å². The van der Waals surface area contributed by atoms with Crippen LogP contribution in [-0.2, 0) is 0 Å². The molecule has 4 N–H and O–H groups in total. The van der Waals surface area contributed by atoms with E-state index in [1.807, 2.05) is 0 Å². The third-order valence-corrected chi connectivity index (χ3v) is 1.45. The van der Waals surface area contributed by atoms with Crippen LogP contribution in [0.3, 0.4) is 0 Å². The van der Waals surface area contributed by atoms with Gasteiger partial charge in [-0.15, -0.1) is 0 Å². The second-order valence-corrected chi connectivity index (χ2v) is 2.59. The van der Waals surface area contributed by atoms with E-state index in [1.54, 1.807) is 6.08 Å². The van der Waals surface area contributed by atoms with Crippen molar-refractivity contribution in [2.45, 2.75) is 12.2 Å². The maximum atomic E-state index is 9.28. The fraction of sp³-hybridized carbons (Fsp3) is 0.400. The molecule has 0 saturated carbocycles. The Hall–Kier alpha value is -0.940. The van der Waals surface area contributed by atoms with Crippen LogP contribution in [0.5, 0.6) is 0 Å². The molecule has 0 aromatic carbocycles. The smallest absolute Gasteiger partial charge is 0.102 e. The first kappa shape index (κ1) is 13.1. The average Bonchev–Trinajstić information content (AvgIpc) is 2.20. The molecule has 0 aliphatic heterocycles. The van der Waals surface area contributed by atoms with E-state index in [-0.39, 0.29) is 13.2 Å². The van der Waals surface area contributed by atoms with E-state index in [9.17, 15) is 10.2 Å². The number of rotatable bonds is 6. The lowest BCUT2D eigenvalue weighted by Crippen LogP contribution is -2.21. The Bertz CT molecular complexity index is 208. The molecule has 0 aliphatic carbocycles. The summed E-state index contributed by atoms with van der Waals surface area (Å²) in [6.45, 7) is -0.231. The first-order valence-electron chi connectivity index (χ1n) is 4.30. The van der Waals surface area contributed by atoms with Crippen molar-refractivity contribution in [1.82, 2.24) is 0 Å². The normalized spacial score (nSPS) is 17.1. The maximum absolute atomic E-state index is 9.28. The standard InChI is InChI=1S/C10H16O4/c11-7-3-1-2-5-9(13)10(14)6-4-8-12/h1-6,9-14H,7-8H2. The van der Waals surface area contributed by atoms with Crippen LogP contribution in [0.2, 0.25) is 0 Å². The van der Waals surface area contributed by atoms with Gasteiger partial charge in [0.25, 0.3) is 0 Å². The van der Waals surface area contributed by atoms with Gasteiger partial charge in [-0.25, -0.2) is 0 Å². The Morgan fingerprint density at radius 2 is 1.36 bits per heavy atom. The third-order valence-electron chi connectivity index (χ3n) is 1.45. The molecular formula is C10H16O4. The van der Waals surface area contributed by atoms with Crippen molar-refractivity contribution in [3.8, 4) is 0 Å². The number of aliphatic hydroxyl groups excluding tert-OH is 4. The molecule has 0 amide bonds. The zero-order chi connectivity index (χ0) is 10.8. The summed E-state index contributed by atoms with van der Waals surface area (Å²) in [5, 5.41) is 35.3. The largest absolute Gasteiger partial charge is 0.392 e. The van der Waals surface area contributed by atoms with E-state index >= 15 is 0 Å². The predicted octanol–water partition coefficient (Wildman–Crippen LogP) is -0.639. The van der Waals surface area contributed by atoms with E-state index in [0.29, 0.717) is 0 Å². The lowest BCUT2D eigenvalue weighted by atomic mass is 10.2. The molecule has 0 fully saturated rings. The Morgan fingerprint density at radius 1 is 0.786 bits per heavy atom. The van der Waals surface area contributed by atoms with Gasteiger partial charge in [-0.1, -0.05) is 36.5 Å². The first-order chi connectivity index (χ1) is 6.72. The lowest BCUT2D eigenvalue weighted by molar-refractivity contribution is 0.0804. The van der Waals surface area contributed by atoms with E-state index in [2.05, 4.69) is 0 Å². The summed E-state index contributed by atoms with van der Waals surface area (Å²) in [5.74, 6) is 0. The monoisotopic (exact) mass is 200 g/mol. The highest BCUT2D eigenvalue weighted by atomic mass is 16.3. The van der Waals surface area contributed by atoms with Crippen molar-refractivity contribution < 1.29 is 20.4 Å². The summed E-state index contributed by atoms with van der Waals surface area (Å²) in [6.07, 6.45) is 6.60. The van der Waals surface area contributed by atoms with Crippen molar-refractivity contribution in [3.05, 3.63) is 36.5 Å². The van der Waals surface area contributed by atoms with Crippen LogP contribution in [-0.4, -0.2) is 45.8 Å². The van der Waals surface area contributed by atoms with Crippen molar-refractivity contribution in [2.75, 3.05) is 13.2 Å². The lowest BCUT2D eigenvalue weighted by Gasteiger charge is -2.08. The molecule has 2 unspecified atom stereocenters. The zero-order valence-corrected chi connectivity index (χ0v) is 7.82. The quantitative estimate of drug-likeness (QED) is 0.339. The minimum Gasteiger partial charge on any atom is -0.392 e. The van der Waals surface area contributed by atoms with Crippen molar-refractivity contribution >= 4 is 0 Å². The highest BCUT2D eigenvalue weighted by Gasteiger charge is 2.07. The number of allylic oxidation sites excluding steroid dienone is 2. The van der Waals surface area contributed by atoms with Crippen molar-refractivity contribution in [1.29, 1.82) is 0 Å². The molecule has 0 heterocycles. The van der Waals surface area contributed by atoms with Crippen LogP contribution >= 0.6 is 0 Å². The van der Waals surface area contributed by atoms with Gasteiger partial charge in [0.15, 0.2) is 0 Å². The van der Waals surface area contributed by atoms with Crippen molar-refractivity contribution in [3.63, 3.8) is 0 Å². The summed E-state index contributed by atoms with van der Waals surface area (Å²) < 4.78 is 0. The Kier molecular flexibility index (Phi) is 8.07. The van der Waals surface area contributed by atoms with Gasteiger partial charge in [-0.3, -0.25) is 0 Å². The van der Waals surface area contributed by atoms with Crippen LogP contribution in [0.4, 0.5) is 0 Å². The van der Waals surface area contributed by atoms with Crippen molar-refractivity contribution in [2.24, 2.45) is 0 Å². The third kappa shape index (κ3) is 6.56. The maximum Gasteiger partial charge on any atom is 0.102 e. The molecule has 0 bridgehead atoms. The first-order valence-corrected chi connectivity index (χ1v) is 4.30. The Morgan fingerprint density at radius 3 is 1.93 bits per heavy atom. The van der Waals surface area contributed by atoms with Gasteiger partial charge >= 0.3 is 0 Å². The van der Waals surface area contributed by atoms with Gasteiger partial charge in [0.2, 0.25) is 0 Å². The zero-order valence-electron chi connectivity index (χ0n) is 7.82. The fourth-order valence-corrected chi connectivity index (χ4v) is 0.745. The summed E-state index contributed by atoms with van der Waals surface area (Å²) in [5.41, 5.74) is 0. The summed E-state index contributed by atoms with van der Waals surface area (Å²) >= 11 is 0. The summed E-state index contributed by atoms with van der Waals surface area (Å²) in [4.78, 5) is 0. The molecule has 4 nitrogen and oxygen atoms in total. The minimum atomic E-state index is -1.03. The molecule has 0 aromatic heterocycles. The fourth-order valence-electron chi connectivity index (χ4n) is 0.745. The van der Waals surface area contributed by atoms with Gasteiger partial charge in [0.1, 0.15) is 12.2 Å². The SMILES string of the molecule is OCC=CC=CC(O)C(O)C=CCO. The number of hydrogen-bond donors (Lipinski definition) is 4. The molecule has 0 aromatic rings. The van der Waals surface area contributed by atoms with Gasteiger partial charge in [0, 0.05) is 0 Å². The molecule has 0 rings (SSSR count).